The maximum Gasteiger partial charge on any atom is 0.272 e. The SMILES string of the molecule is COc1cc(OC)c(NC(=O)C(C)Sc2cccc(NC(=O)/C(=C\c3ccc([N+](=O)[O-])cc3)NC(=O)c3ccccc3)c2)cc1Cl. The van der Waals surface area contributed by atoms with E-state index in [0.29, 0.717) is 43.9 Å². The number of anilines is 2. The van der Waals surface area contributed by atoms with Gasteiger partial charge in [-0.1, -0.05) is 35.9 Å². The van der Waals surface area contributed by atoms with Gasteiger partial charge in [0, 0.05) is 34.3 Å². The normalized spacial score (nSPS) is 11.6. The third-order valence-electron chi connectivity index (χ3n) is 6.45. The molecular weight excluding hydrogens is 632 g/mol. The predicted molar refractivity (Wildman–Crippen MR) is 179 cm³/mol. The van der Waals surface area contributed by atoms with Crippen LogP contribution in [0.2, 0.25) is 5.02 Å². The first kappa shape index (κ1) is 33.6. The fourth-order valence-corrected chi connectivity index (χ4v) is 5.26. The number of nitrogens with zero attached hydrogens (tertiary/aromatic N) is 1. The van der Waals surface area contributed by atoms with E-state index in [2.05, 4.69) is 16.0 Å². The van der Waals surface area contributed by atoms with Crippen LogP contribution >= 0.6 is 23.4 Å². The molecule has 0 bridgehead atoms. The molecule has 236 valence electrons. The molecule has 0 aromatic heterocycles. The van der Waals surface area contributed by atoms with Gasteiger partial charge in [0.1, 0.15) is 17.2 Å². The molecule has 46 heavy (non-hydrogen) atoms. The molecular formula is C33H29ClN4O7S. The maximum absolute atomic E-state index is 13.4. The number of hydrogen-bond acceptors (Lipinski definition) is 8. The quantitative estimate of drug-likeness (QED) is 0.0651. The number of nitrogens with one attached hydrogen (secondary N) is 3. The Morgan fingerprint density at radius 1 is 0.891 bits per heavy atom. The second kappa shape index (κ2) is 15.6. The lowest BCUT2D eigenvalue weighted by molar-refractivity contribution is -0.384. The molecule has 0 saturated heterocycles. The third-order valence-corrected chi connectivity index (χ3v) is 7.84. The monoisotopic (exact) mass is 660 g/mol. The lowest BCUT2D eigenvalue weighted by Gasteiger charge is -2.16. The standard InChI is InChI=1S/C33H29ClN4O7S/c1-20(31(39)36-27-18-26(34)29(44-2)19-30(27)45-3)46-25-11-7-10-23(17-25)35-33(41)28(37-32(40)22-8-5-4-6-9-22)16-21-12-14-24(15-13-21)38(42)43/h4-20H,1-3H3,(H,35,41)(H,36,39)(H,37,40)/b28-16+. The molecule has 0 spiro atoms. The summed E-state index contributed by atoms with van der Waals surface area (Å²) in [6.45, 7) is 1.73. The fourth-order valence-electron chi connectivity index (χ4n) is 4.10. The van der Waals surface area contributed by atoms with E-state index in [1.807, 2.05) is 0 Å². The summed E-state index contributed by atoms with van der Waals surface area (Å²) < 4.78 is 10.6. The number of rotatable bonds is 12. The van der Waals surface area contributed by atoms with Gasteiger partial charge in [-0.25, -0.2) is 0 Å². The molecule has 0 fully saturated rings. The predicted octanol–water partition coefficient (Wildman–Crippen LogP) is 6.79. The number of methoxy groups -OCH3 is 2. The van der Waals surface area contributed by atoms with E-state index in [-0.39, 0.29) is 17.3 Å². The Kier molecular flexibility index (Phi) is 11.4. The molecule has 3 amide bonds. The molecule has 0 saturated carbocycles. The highest BCUT2D eigenvalue weighted by atomic mass is 35.5. The average Bonchev–Trinajstić information content (AvgIpc) is 3.05. The molecule has 3 N–H and O–H groups in total. The van der Waals surface area contributed by atoms with Crippen molar-refractivity contribution < 1.29 is 28.8 Å². The summed E-state index contributed by atoms with van der Waals surface area (Å²) in [4.78, 5) is 50.6. The topological polar surface area (TPSA) is 149 Å². The van der Waals surface area contributed by atoms with Crippen molar-refractivity contribution in [3.8, 4) is 11.5 Å². The summed E-state index contributed by atoms with van der Waals surface area (Å²) in [6, 6.07) is 23.9. The minimum atomic E-state index is -0.626. The number of nitro groups is 1. The van der Waals surface area contributed by atoms with Gasteiger partial charge in [-0.05, 0) is 67.1 Å². The molecule has 0 heterocycles. The summed E-state index contributed by atoms with van der Waals surface area (Å²) in [5.41, 5.74) is 1.40. The van der Waals surface area contributed by atoms with Crippen molar-refractivity contribution in [2.24, 2.45) is 0 Å². The van der Waals surface area contributed by atoms with Gasteiger partial charge in [0.05, 0.1) is 35.1 Å². The molecule has 13 heteroatoms. The Hall–Kier alpha value is -5.33. The number of ether oxygens (including phenoxy) is 2. The maximum atomic E-state index is 13.4. The van der Waals surface area contributed by atoms with E-state index in [4.69, 9.17) is 21.1 Å². The van der Waals surface area contributed by atoms with Gasteiger partial charge in [-0.15, -0.1) is 11.8 Å². The van der Waals surface area contributed by atoms with Crippen LogP contribution in [0.5, 0.6) is 11.5 Å². The van der Waals surface area contributed by atoms with E-state index >= 15 is 0 Å². The van der Waals surface area contributed by atoms with Crippen LogP contribution in [0.3, 0.4) is 0 Å². The highest BCUT2D eigenvalue weighted by Crippen LogP contribution is 2.36. The van der Waals surface area contributed by atoms with Crippen molar-refractivity contribution in [3.05, 3.63) is 123 Å². The first-order chi connectivity index (χ1) is 22.1. The Morgan fingerprint density at radius 2 is 1.59 bits per heavy atom. The molecule has 1 atom stereocenters. The van der Waals surface area contributed by atoms with Crippen LogP contribution < -0.4 is 25.4 Å². The third kappa shape index (κ3) is 8.87. The van der Waals surface area contributed by atoms with Crippen molar-refractivity contribution in [3.63, 3.8) is 0 Å². The zero-order valence-electron chi connectivity index (χ0n) is 24.9. The summed E-state index contributed by atoms with van der Waals surface area (Å²) in [7, 11) is 2.95. The van der Waals surface area contributed by atoms with Gasteiger partial charge in [0.2, 0.25) is 5.91 Å². The smallest absolute Gasteiger partial charge is 0.272 e. The van der Waals surface area contributed by atoms with Crippen LogP contribution in [-0.4, -0.2) is 42.1 Å². The van der Waals surface area contributed by atoms with Gasteiger partial charge in [0.15, 0.2) is 0 Å². The van der Waals surface area contributed by atoms with Crippen molar-refractivity contribution in [1.82, 2.24) is 5.32 Å². The number of carbonyl (C=O) groups excluding carboxylic acids is 3. The lowest BCUT2D eigenvalue weighted by atomic mass is 10.1. The van der Waals surface area contributed by atoms with Crippen molar-refractivity contribution in [2.75, 3.05) is 24.9 Å². The van der Waals surface area contributed by atoms with Crippen LogP contribution in [0.25, 0.3) is 6.08 Å². The number of carbonyl (C=O) groups is 3. The zero-order chi connectivity index (χ0) is 33.2. The Morgan fingerprint density at radius 3 is 2.24 bits per heavy atom. The van der Waals surface area contributed by atoms with Gasteiger partial charge < -0.3 is 25.4 Å². The second-order valence-corrected chi connectivity index (χ2v) is 11.5. The summed E-state index contributed by atoms with van der Waals surface area (Å²) in [5.74, 6) is -0.658. The van der Waals surface area contributed by atoms with Crippen LogP contribution in [0, 0.1) is 10.1 Å². The molecule has 0 aliphatic carbocycles. The number of benzene rings is 4. The minimum Gasteiger partial charge on any atom is -0.495 e. The van der Waals surface area contributed by atoms with Crippen molar-refractivity contribution in [1.29, 1.82) is 0 Å². The number of nitro benzene ring substituents is 1. The van der Waals surface area contributed by atoms with Crippen LogP contribution in [0.1, 0.15) is 22.8 Å². The van der Waals surface area contributed by atoms with Gasteiger partial charge in [0.25, 0.3) is 17.5 Å². The van der Waals surface area contributed by atoms with E-state index < -0.39 is 22.0 Å². The van der Waals surface area contributed by atoms with Gasteiger partial charge in [-0.3, -0.25) is 24.5 Å². The summed E-state index contributed by atoms with van der Waals surface area (Å²) in [6.07, 6.45) is 1.42. The number of thioether (sulfide) groups is 1. The highest BCUT2D eigenvalue weighted by molar-refractivity contribution is 8.00. The van der Waals surface area contributed by atoms with E-state index in [9.17, 15) is 24.5 Å². The number of hydrogen-bond donors (Lipinski definition) is 3. The Bertz CT molecular complexity index is 1780. The molecule has 4 rings (SSSR count). The largest absolute Gasteiger partial charge is 0.495 e. The van der Waals surface area contributed by atoms with Crippen LogP contribution in [0.15, 0.2) is 102 Å². The second-order valence-electron chi connectivity index (χ2n) is 9.65. The summed E-state index contributed by atoms with van der Waals surface area (Å²) >= 11 is 7.49. The number of halogens is 1. The fraction of sp³-hybridized carbons (Fsp3) is 0.121. The highest BCUT2D eigenvalue weighted by Gasteiger charge is 2.20. The number of non-ortho nitro benzene ring substituents is 1. The van der Waals surface area contributed by atoms with Crippen molar-refractivity contribution in [2.45, 2.75) is 17.1 Å². The molecule has 1 unspecified atom stereocenters. The molecule has 11 nitrogen and oxygen atoms in total. The van der Waals surface area contributed by atoms with Gasteiger partial charge >= 0.3 is 0 Å². The molecule has 4 aromatic rings. The van der Waals surface area contributed by atoms with Crippen molar-refractivity contribution >= 4 is 64.2 Å². The number of amides is 3. The minimum absolute atomic E-state index is 0.0828. The molecule has 0 radical (unpaired) electrons. The van der Waals surface area contributed by atoms with Gasteiger partial charge in [-0.2, -0.15) is 0 Å². The zero-order valence-corrected chi connectivity index (χ0v) is 26.5. The van der Waals surface area contributed by atoms with Crippen LogP contribution in [0.4, 0.5) is 17.1 Å². The van der Waals surface area contributed by atoms with E-state index in [1.165, 1.54) is 56.3 Å². The Balaban J connectivity index is 1.50. The van der Waals surface area contributed by atoms with E-state index in [1.54, 1.807) is 73.7 Å². The molecule has 0 aliphatic rings. The first-order valence-corrected chi connectivity index (χ1v) is 15.0. The van der Waals surface area contributed by atoms with Crippen LogP contribution in [-0.2, 0) is 9.59 Å². The first-order valence-electron chi connectivity index (χ1n) is 13.7. The molecule has 0 aliphatic heterocycles. The molecule has 4 aromatic carbocycles. The van der Waals surface area contributed by atoms with E-state index in [0.717, 1.165) is 0 Å². The Labute approximate surface area is 274 Å². The summed E-state index contributed by atoms with van der Waals surface area (Å²) in [5, 5.41) is 19.0. The average molecular weight is 661 g/mol. The lowest BCUT2D eigenvalue weighted by Crippen LogP contribution is -2.30.